The molecule has 0 amide bonds. The zero-order valence-electron chi connectivity index (χ0n) is 14.7. The summed E-state index contributed by atoms with van der Waals surface area (Å²) in [7, 11) is 3.00. The third kappa shape index (κ3) is 3.65. The molecule has 8 nitrogen and oxygen atoms in total. The number of hydrogen-bond donors (Lipinski definition) is 2. The van der Waals surface area contributed by atoms with Crippen LogP contribution in [0, 0.1) is 0 Å². The minimum absolute atomic E-state index is 0.0247. The van der Waals surface area contributed by atoms with Crippen molar-refractivity contribution in [3.05, 3.63) is 55.7 Å². The monoisotopic (exact) mass is 409 g/mol. The Hall–Kier alpha value is -2.52. The van der Waals surface area contributed by atoms with Crippen LogP contribution in [-0.4, -0.2) is 30.9 Å². The van der Waals surface area contributed by atoms with E-state index >= 15 is 0 Å². The minimum atomic E-state index is -0.903. The summed E-state index contributed by atoms with van der Waals surface area (Å²) in [5.74, 6) is -0.585. The van der Waals surface area contributed by atoms with Crippen molar-refractivity contribution >= 4 is 40.5 Å². The SMILES string of the molecule is Cn1c(=O)c2c([nH]c(SCCC(=O)O)[n+]2Cc2ccccc2Cl)n(C)c1=O. The molecule has 0 aliphatic heterocycles. The van der Waals surface area contributed by atoms with Crippen molar-refractivity contribution in [2.24, 2.45) is 14.1 Å². The number of carboxylic acids is 1. The molecule has 0 atom stereocenters. The summed E-state index contributed by atoms with van der Waals surface area (Å²) in [6.07, 6.45) is -0.0247. The van der Waals surface area contributed by atoms with Gasteiger partial charge >= 0.3 is 22.4 Å². The number of nitrogens with one attached hydrogen (secondary N) is 1. The largest absolute Gasteiger partial charge is 0.481 e. The highest BCUT2D eigenvalue weighted by atomic mass is 35.5. The van der Waals surface area contributed by atoms with Crippen molar-refractivity contribution in [3.63, 3.8) is 0 Å². The van der Waals surface area contributed by atoms with Crippen molar-refractivity contribution < 1.29 is 14.5 Å². The highest BCUT2D eigenvalue weighted by Gasteiger charge is 2.26. The predicted molar refractivity (Wildman–Crippen MR) is 103 cm³/mol. The number of aromatic nitrogens is 4. The van der Waals surface area contributed by atoms with E-state index in [-0.39, 0.29) is 6.42 Å². The summed E-state index contributed by atoms with van der Waals surface area (Å²) in [4.78, 5) is 38.9. The van der Waals surface area contributed by atoms with Gasteiger partial charge in [-0.05, 0) is 17.8 Å². The number of aromatic amines is 1. The molecule has 0 aliphatic carbocycles. The van der Waals surface area contributed by atoms with Gasteiger partial charge in [0.05, 0.1) is 6.42 Å². The molecule has 2 aromatic heterocycles. The molecule has 27 heavy (non-hydrogen) atoms. The Bertz CT molecular complexity index is 1150. The Kier molecular flexibility index (Phi) is 5.43. The number of hydrogen-bond acceptors (Lipinski definition) is 4. The van der Waals surface area contributed by atoms with Crippen LogP contribution >= 0.6 is 23.4 Å². The zero-order chi connectivity index (χ0) is 19.7. The molecule has 10 heteroatoms. The molecule has 0 unspecified atom stereocenters. The molecule has 0 bridgehead atoms. The van der Waals surface area contributed by atoms with Gasteiger partial charge in [-0.15, -0.1) is 0 Å². The van der Waals surface area contributed by atoms with E-state index in [0.29, 0.717) is 33.6 Å². The van der Waals surface area contributed by atoms with Gasteiger partial charge in [-0.3, -0.25) is 18.7 Å². The fraction of sp³-hybridized carbons (Fsp3) is 0.294. The number of thioether (sulfide) groups is 1. The van der Waals surface area contributed by atoms with Gasteiger partial charge in [0.2, 0.25) is 0 Å². The molecule has 0 radical (unpaired) electrons. The number of aryl methyl sites for hydroxylation is 1. The first kappa shape index (κ1) is 19.2. The first-order chi connectivity index (χ1) is 12.8. The number of fused-ring (bicyclic) bond motifs is 1. The first-order valence-electron chi connectivity index (χ1n) is 8.10. The van der Waals surface area contributed by atoms with Crippen molar-refractivity contribution in [2.45, 2.75) is 18.1 Å². The van der Waals surface area contributed by atoms with Gasteiger partial charge in [0.25, 0.3) is 11.2 Å². The average molecular weight is 410 g/mol. The van der Waals surface area contributed by atoms with Crippen LogP contribution < -0.4 is 15.8 Å². The van der Waals surface area contributed by atoms with Crippen molar-refractivity contribution in [3.8, 4) is 0 Å². The summed E-state index contributed by atoms with van der Waals surface area (Å²) in [6, 6.07) is 7.28. The molecule has 2 heterocycles. The fourth-order valence-corrected chi connectivity index (χ4v) is 3.93. The van der Waals surface area contributed by atoms with Gasteiger partial charge in [0.15, 0.2) is 0 Å². The van der Waals surface area contributed by atoms with E-state index in [9.17, 15) is 14.4 Å². The van der Waals surface area contributed by atoms with Crippen LogP contribution in [0.1, 0.15) is 12.0 Å². The molecule has 0 aliphatic rings. The molecule has 0 spiro atoms. The standard InChI is InChI=1S/C17H17ClN4O4S/c1-20-14-13(15(25)21(2)17(20)26)22(9-10-5-3-4-6-11(10)18)16(19-14)27-8-7-12(23)24/h3-6H,7-9H2,1-2H3,(H,23,24)/p+1. The van der Waals surface area contributed by atoms with Crippen LogP contribution in [0.5, 0.6) is 0 Å². The van der Waals surface area contributed by atoms with Gasteiger partial charge < -0.3 is 5.11 Å². The minimum Gasteiger partial charge on any atom is -0.481 e. The Labute approximate surface area is 163 Å². The number of rotatable bonds is 6. The van der Waals surface area contributed by atoms with Gasteiger partial charge in [-0.2, -0.15) is 0 Å². The van der Waals surface area contributed by atoms with E-state index in [0.717, 1.165) is 10.1 Å². The molecule has 1 aromatic carbocycles. The Balaban J connectivity index is 2.20. The Morgan fingerprint density at radius 2 is 1.96 bits per heavy atom. The number of nitrogens with zero attached hydrogens (tertiary/aromatic N) is 3. The lowest BCUT2D eigenvalue weighted by Crippen LogP contribution is -2.44. The number of H-pyrrole nitrogens is 1. The molecule has 3 rings (SSSR count). The van der Waals surface area contributed by atoms with Crippen molar-refractivity contribution in [2.75, 3.05) is 5.75 Å². The molecule has 2 N–H and O–H groups in total. The molecule has 3 aromatic rings. The number of imidazole rings is 1. The molecule has 0 fully saturated rings. The van der Waals surface area contributed by atoms with Crippen molar-refractivity contribution in [1.82, 2.24) is 14.1 Å². The predicted octanol–water partition coefficient (Wildman–Crippen LogP) is 1.12. The van der Waals surface area contributed by atoms with E-state index in [1.54, 1.807) is 17.7 Å². The summed E-state index contributed by atoms with van der Waals surface area (Å²) >= 11 is 7.55. The van der Waals surface area contributed by atoms with Crippen LogP contribution in [0.15, 0.2) is 39.0 Å². The van der Waals surface area contributed by atoms with Gasteiger partial charge in [0.1, 0.15) is 6.54 Å². The van der Waals surface area contributed by atoms with E-state index < -0.39 is 17.2 Å². The van der Waals surface area contributed by atoms with Gasteiger partial charge in [0, 0.05) is 30.4 Å². The maximum absolute atomic E-state index is 12.8. The van der Waals surface area contributed by atoms with E-state index in [2.05, 4.69) is 4.98 Å². The smallest absolute Gasteiger partial charge is 0.333 e. The van der Waals surface area contributed by atoms with Crippen LogP contribution in [0.3, 0.4) is 0 Å². The molecular weight excluding hydrogens is 392 g/mol. The van der Waals surface area contributed by atoms with Crippen LogP contribution in [-0.2, 0) is 25.4 Å². The number of benzene rings is 1. The fourth-order valence-electron chi connectivity index (χ4n) is 2.78. The van der Waals surface area contributed by atoms with Crippen LogP contribution in [0.4, 0.5) is 0 Å². The summed E-state index contributed by atoms with van der Waals surface area (Å²) in [5.41, 5.74) is 0.647. The lowest BCUT2D eigenvalue weighted by molar-refractivity contribution is -0.700. The third-order valence-corrected chi connectivity index (χ3v) is 5.60. The molecule has 0 saturated carbocycles. The summed E-state index contributed by atoms with van der Waals surface area (Å²) in [6.45, 7) is 0.308. The molecule has 0 saturated heterocycles. The second kappa shape index (κ2) is 7.61. The first-order valence-corrected chi connectivity index (χ1v) is 9.47. The highest BCUT2D eigenvalue weighted by molar-refractivity contribution is 7.99. The van der Waals surface area contributed by atoms with Gasteiger partial charge in [-0.25, -0.2) is 14.3 Å². The Morgan fingerprint density at radius 3 is 2.63 bits per heavy atom. The highest BCUT2D eigenvalue weighted by Crippen LogP contribution is 2.19. The average Bonchev–Trinajstić information content (AvgIpc) is 2.98. The number of halogens is 1. The second-order valence-corrected chi connectivity index (χ2v) is 7.49. The topological polar surface area (TPSA) is 101 Å². The van der Waals surface area contributed by atoms with Crippen LogP contribution in [0.2, 0.25) is 5.02 Å². The van der Waals surface area contributed by atoms with Crippen molar-refractivity contribution in [1.29, 1.82) is 0 Å². The molecular formula is C17H18ClN4O4S+. The quantitative estimate of drug-likeness (QED) is 0.469. The lowest BCUT2D eigenvalue weighted by Gasteiger charge is -2.05. The van der Waals surface area contributed by atoms with Crippen LogP contribution in [0.25, 0.3) is 11.2 Å². The number of carboxylic acid groups (broad SMARTS) is 1. The number of aliphatic carboxylic acids is 1. The van der Waals surface area contributed by atoms with E-state index in [4.69, 9.17) is 16.7 Å². The number of carbonyl (C=O) groups is 1. The zero-order valence-corrected chi connectivity index (χ0v) is 16.3. The normalized spacial score (nSPS) is 11.2. The summed E-state index contributed by atoms with van der Waals surface area (Å²) in [5, 5.41) is 10.0. The molecule has 142 valence electrons. The lowest BCUT2D eigenvalue weighted by atomic mass is 10.2. The summed E-state index contributed by atoms with van der Waals surface area (Å²) < 4.78 is 4.15. The van der Waals surface area contributed by atoms with Gasteiger partial charge in [-0.1, -0.05) is 29.8 Å². The maximum Gasteiger partial charge on any atom is 0.333 e. The maximum atomic E-state index is 12.8. The second-order valence-electron chi connectivity index (χ2n) is 6.00. The Morgan fingerprint density at radius 1 is 1.26 bits per heavy atom. The van der Waals surface area contributed by atoms with E-state index in [1.807, 2.05) is 18.2 Å². The third-order valence-electron chi connectivity index (χ3n) is 4.22. The van der Waals surface area contributed by atoms with E-state index in [1.165, 1.54) is 23.4 Å².